The molecule has 6 rings (SSSR count). The summed E-state index contributed by atoms with van der Waals surface area (Å²) in [5.74, 6) is 0.749. The fourth-order valence-electron chi connectivity index (χ4n) is 6.79. The molecule has 2 fully saturated rings. The molecule has 2 aliphatic rings. The summed E-state index contributed by atoms with van der Waals surface area (Å²) in [7, 11) is 0. The predicted molar refractivity (Wildman–Crippen MR) is 173 cm³/mol. The second-order valence-electron chi connectivity index (χ2n) is 12.5. The molecule has 230 valence electrons. The summed E-state index contributed by atoms with van der Waals surface area (Å²) in [4.78, 5) is 44.7. The van der Waals surface area contributed by atoms with Gasteiger partial charge in [0.2, 0.25) is 5.95 Å². The number of carbonyl (C=O) groups is 1. The van der Waals surface area contributed by atoms with Crippen molar-refractivity contribution in [1.29, 1.82) is 0 Å². The second kappa shape index (κ2) is 12.1. The highest BCUT2D eigenvalue weighted by atomic mass is 16.3. The second-order valence-corrected chi connectivity index (χ2v) is 12.5. The van der Waals surface area contributed by atoms with Crippen molar-refractivity contribution in [3.05, 3.63) is 81.4 Å². The molecule has 0 radical (unpaired) electrons. The number of hydrogen-bond donors (Lipinski definition) is 2. The molecule has 2 N–H and O–H groups in total. The van der Waals surface area contributed by atoms with Crippen LogP contribution in [0.15, 0.2) is 53.6 Å². The normalized spacial score (nSPS) is 16.5. The molecule has 0 amide bonds. The Balaban J connectivity index is 1.17. The van der Waals surface area contributed by atoms with E-state index in [9.17, 15) is 14.7 Å². The number of ketones is 1. The number of Topliss-reactive ketones (excluding diaryl/α,β-unsaturated/α-hetero) is 1. The lowest BCUT2D eigenvalue weighted by atomic mass is 9.91. The molecule has 1 saturated heterocycles. The zero-order chi connectivity index (χ0) is 31.0. The average Bonchev–Trinajstić information content (AvgIpc) is 3.56. The van der Waals surface area contributed by atoms with Crippen molar-refractivity contribution in [2.75, 3.05) is 36.4 Å². The molecule has 4 heterocycles. The van der Waals surface area contributed by atoms with Crippen molar-refractivity contribution in [2.45, 2.75) is 71.6 Å². The largest absolute Gasteiger partial charge is 0.392 e. The first-order valence-electron chi connectivity index (χ1n) is 15.5. The third-order valence-electron chi connectivity index (χ3n) is 9.52. The van der Waals surface area contributed by atoms with E-state index in [-0.39, 0.29) is 35.1 Å². The topological polar surface area (TPSA) is 116 Å². The van der Waals surface area contributed by atoms with E-state index in [1.165, 1.54) is 12.5 Å². The Morgan fingerprint density at radius 3 is 2.32 bits per heavy atom. The highest BCUT2D eigenvalue weighted by Gasteiger charge is 2.32. The monoisotopic (exact) mass is 595 g/mol. The third-order valence-corrected chi connectivity index (χ3v) is 9.52. The molecule has 1 aromatic carbocycles. The molecule has 0 unspecified atom stereocenters. The Hall–Kier alpha value is -4.15. The van der Waals surface area contributed by atoms with Crippen LogP contribution in [-0.2, 0) is 12.1 Å². The number of nitrogens with one attached hydrogen (secondary N) is 1. The predicted octanol–water partition coefficient (Wildman–Crippen LogP) is 5.11. The van der Waals surface area contributed by atoms with Gasteiger partial charge >= 0.3 is 0 Å². The summed E-state index contributed by atoms with van der Waals surface area (Å²) in [5.41, 5.74) is 4.27. The number of pyridine rings is 2. The van der Waals surface area contributed by atoms with Crippen LogP contribution in [0.1, 0.15) is 79.5 Å². The number of hydrogen-bond acceptors (Lipinski definition) is 9. The molecule has 0 bridgehead atoms. The van der Waals surface area contributed by atoms with Gasteiger partial charge in [-0.2, -0.15) is 4.98 Å². The van der Waals surface area contributed by atoms with Crippen molar-refractivity contribution < 1.29 is 9.90 Å². The van der Waals surface area contributed by atoms with Crippen LogP contribution in [0.3, 0.4) is 0 Å². The molecule has 1 saturated carbocycles. The molecule has 0 atom stereocenters. The van der Waals surface area contributed by atoms with Gasteiger partial charge in [-0.1, -0.05) is 37.1 Å². The van der Waals surface area contributed by atoms with Gasteiger partial charge in [-0.25, -0.2) is 9.97 Å². The highest BCUT2D eigenvalue weighted by molar-refractivity contribution is 5.99. The lowest BCUT2D eigenvalue weighted by Gasteiger charge is -2.45. The van der Waals surface area contributed by atoms with E-state index in [1.54, 1.807) is 17.7 Å². The Bertz CT molecular complexity index is 1720. The smallest absolute Gasteiger partial charge is 0.263 e. The van der Waals surface area contributed by atoms with Crippen LogP contribution < -0.4 is 15.8 Å². The number of carbonyl (C=O) groups excluding carboxylic acids is 1. The lowest BCUT2D eigenvalue weighted by Crippen LogP contribution is -2.53. The van der Waals surface area contributed by atoms with E-state index in [2.05, 4.69) is 57.1 Å². The molecular formula is C34H41N7O3. The molecule has 3 aromatic heterocycles. The summed E-state index contributed by atoms with van der Waals surface area (Å²) in [6.45, 7) is 11.4. The van der Waals surface area contributed by atoms with Gasteiger partial charge in [0, 0.05) is 49.3 Å². The van der Waals surface area contributed by atoms with Crippen LogP contribution >= 0.6 is 0 Å². The van der Waals surface area contributed by atoms with E-state index in [4.69, 9.17) is 4.98 Å². The van der Waals surface area contributed by atoms with Gasteiger partial charge < -0.3 is 15.3 Å². The van der Waals surface area contributed by atoms with Gasteiger partial charge in [-0.05, 0) is 69.4 Å². The van der Waals surface area contributed by atoms with Gasteiger partial charge in [-0.15, -0.1) is 0 Å². The number of aromatic nitrogens is 4. The number of anilines is 3. The quantitative estimate of drug-likeness (QED) is 0.268. The van der Waals surface area contributed by atoms with E-state index in [1.807, 2.05) is 24.4 Å². The standard InChI is InChI=1S/C34H41N7O3/c1-22-28-20-36-33(38-31(28)41(26-7-5-6-8-26)32(44)30(22)23(2)43)37-29-14-13-27(19-35-29)39-15-17-40(18-16-39)34(3,4)25-11-9-24(21-42)10-12-25/h9-14,19-20,26,42H,5-8,15-18,21H2,1-4H3,(H,35,36,37,38). The Morgan fingerprint density at radius 2 is 1.70 bits per heavy atom. The van der Waals surface area contributed by atoms with E-state index < -0.39 is 0 Å². The Morgan fingerprint density at radius 1 is 1.00 bits per heavy atom. The number of fused-ring (bicyclic) bond motifs is 1. The summed E-state index contributed by atoms with van der Waals surface area (Å²) < 4.78 is 1.72. The number of nitrogens with zero attached hydrogens (tertiary/aromatic N) is 6. The minimum atomic E-state index is -0.260. The van der Waals surface area contributed by atoms with Gasteiger partial charge in [0.25, 0.3) is 5.56 Å². The van der Waals surface area contributed by atoms with E-state index in [0.717, 1.165) is 68.5 Å². The maximum Gasteiger partial charge on any atom is 0.263 e. The zero-order valence-electron chi connectivity index (χ0n) is 26.0. The van der Waals surface area contributed by atoms with Crippen LogP contribution in [0.4, 0.5) is 17.5 Å². The maximum absolute atomic E-state index is 13.5. The fourth-order valence-corrected chi connectivity index (χ4v) is 6.79. The molecule has 0 spiro atoms. The van der Waals surface area contributed by atoms with Gasteiger partial charge in [0.05, 0.1) is 24.1 Å². The molecular weight excluding hydrogens is 554 g/mol. The Kier molecular flexibility index (Phi) is 8.22. The number of piperazine rings is 1. The van der Waals surface area contributed by atoms with Crippen LogP contribution in [-0.4, -0.2) is 61.5 Å². The third kappa shape index (κ3) is 5.59. The van der Waals surface area contributed by atoms with Crippen LogP contribution in [0.25, 0.3) is 11.0 Å². The minimum absolute atomic E-state index is 0.0294. The summed E-state index contributed by atoms with van der Waals surface area (Å²) in [5, 5.41) is 13.3. The van der Waals surface area contributed by atoms with E-state index >= 15 is 0 Å². The van der Waals surface area contributed by atoms with Crippen LogP contribution in [0.2, 0.25) is 0 Å². The summed E-state index contributed by atoms with van der Waals surface area (Å²) in [6, 6.07) is 12.2. The van der Waals surface area contributed by atoms with Crippen molar-refractivity contribution in [1.82, 2.24) is 24.4 Å². The molecule has 1 aliphatic carbocycles. The Labute approximate surface area is 257 Å². The lowest BCUT2D eigenvalue weighted by molar-refractivity contribution is 0.101. The molecule has 1 aliphatic heterocycles. The van der Waals surface area contributed by atoms with Crippen molar-refractivity contribution in [2.24, 2.45) is 0 Å². The van der Waals surface area contributed by atoms with E-state index in [0.29, 0.717) is 23.0 Å². The number of aliphatic hydroxyl groups excluding tert-OH is 1. The average molecular weight is 596 g/mol. The van der Waals surface area contributed by atoms with Gasteiger partial charge in [-0.3, -0.25) is 19.1 Å². The first-order chi connectivity index (χ1) is 21.2. The highest BCUT2D eigenvalue weighted by Crippen LogP contribution is 2.33. The summed E-state index contributed by atoms with van der Waals surface area (Å²) >= 11 is 0. The van der Waals surface area contributed by atoms with Crippen molar-refractivity contribution >= 4 is 34.3 Å². The van der Waals surface area contributed by atoms with Crippen molar-refractivity contribution in [3.63, 3.8) is 0 Å². The van der Waals surface area contributed by atoms with Crippen LogP contribution in [0, 0.1) is 6.92 Å². The number of benzene rings is 1. The van der Waals surface area contributed by atoms with Gasteiger partial charge in [0.15, 0.2) is 5.78 Å². The van der Waals surface area contributed by atoms with Crippen LogP contribution in [0.5, 0.6) is 0 Å². The zero-order valence-corrected chi connectivity index (χ0v) is 26.0. The fraction of sp³-hybridized carbons (Fsp3) is 0.441. The molecule has 44 heavy (non-hydrogen) atoms. The maximum atomic E-state index is 13.5. The molecule has 10 heteroatoms. The number of rotatable bonds is 8. The number of aliphatic hydroxyl groups is 1. The SMILES string of the molecule is CC(=O)c1c(C)c2cnc(Nc3ccc(N4CCN(C(C)(C)c5ccc(CO)cc5)CC4)cn3)nc2n(C2CCCC2)c1=O. The number of aryl methyl sites for hydroxylation is 1. The first kappa shape index (κ1) is 29.9. The van der Waals surface area contributed by atoms with Gasteiger partial charge in [0.1, 0.15) is 11.5 Å². The first-order valence-corrected chi connectivity index (χ1v) is 15.5. The molecule has 4 aromatic rings. The minimum Gasteiger partial charge on any atom is -0.392 e. The molecule has 10 nitrogen and oxygen atoms in total. The van der Waals surface area contributed by atoms with Crippen molar-refractivity contribution in [3.8, 4) is 0 Å². The summed E-state index contributed by atoms with van der Waals surface area (Å²) in [6.07, 6.45) is 7.48.